The number of carbonyl (C=O) groups excluding carboxylic acids is 1. The Kier molecular flexibility index (Phi) is 5.15. The van der Waals surface area contributed by atoms with Gasteiger partial charge in [0.2, 0.25) is 0 Å². The summed E-state index contributed by atoms with van der Waals surface area (Å²) in [4.78, 5) is 12.1. The average Bonchev–Trinajstić information content (AvgIpc) is 3.25. The monoisotopic (exact) mass is 330 g/mol. The first-order chi connectivity index (χ1) is 11.6. The maximum absolute atomic E-state index is 12.1. The maximum Gasteiger partial charge on any atom is 0.273 e. The number of aryl methyl sites for hydroxylation is 2. The smallest absolute Gasteiger partial charge is 0.273 e. The molecule has 0 unspecified atom stereocenters. The summed E-state index contributed by atoms with van der Waals surface area (Å²) in [6, 6.07) is 7.62. The summed E-state index contributed by atoms with van der Waals surface area (Å²) in [5, 5.41) is 6.62. The fourth-order valence-corrected chi connectivity index (χ4v) is 2.60. The fourth-order valence-electron chi connectivity index (χ4n) is 2.60. The molecule has 1 atom stereocenters. The van der Waals surface area contributed by atoms with E-state index in [-0.39, 0.29) is 24.3 Å². The van der Waals surface area contributed by atoms with Gasteiger partial charge in [-0.2, -0.15) is 0 Å². The van der Waals surface area contributed by atoms with Crippen molar-refractivity contribution in [2.75, 3.05) is 13.2 Å². The molecule has 1 N–H and O–H groups in total. The fraction of sp³-hybridized carbons (Fsp3) is 0.444. The number of amides is 1. The number of benzene rings is 1. The van der Waals surface area contributed by atoms with E-state index < -0.39 is 0 Å². The number of hydrogen-bond acceptors (Lipinski definition) is 5. The highest BCUT2D eigenvalue weighted by atomic mass is 16.5. The second kappa shape index (κ2) is 7.49. The van der Waals surface area contributed by atoms with Gasteiger partial charge in [0, 0.05) is 19.2 Å². The van der Waals surface area contributed by atoms with Crippen LogP contribution in [0.15, 0.2) is 28.8 Å². The predicted molar refractivity (Wildman–Crippen MR) is 88.1 cm³/mol. The normalized spacial score (nSPS) is 17.0. The lowest BCUT2D eigenvalue weighted by molar-refractivity contribution is 0.0850. The number of hydrogen-bond donors (Lipinski definition) is 1. The minimum atomic E-state index is -0.257. The van der Waals surface area contributed by atoms with Crippen LogP contribution in [-0.4, -0.2) is 30.3 Å². The molecule has 1 fully saturated rings. The van der Waals surface area contributed by atoms with Crippen LogP contribution < -0.4 is 10.1 Å². The van der Waals surface area contributed by atoms with Crippen molar-refractivity contribution in [3.05, 3.63) is 46.8 Å². The van der Waals surface area contributed by atoms with Crippen LogP contribution in [0.2, 0.25) is 0 Å². The van der Waals surface area contributed by atoms with Crippen molar-refractivity contribution in [1.82, 2.24) is 10.5 Å². The maximum atomic E-state index is 12.1. The van der Waals surface area contributed by atoms with E-state index in [0.717, 1.165) is 36.3 Å². The van der Waals surface area contributed by atoms with E-state index in [2.05, 4.69) is 10.5 Å². The Morgan fingerprint density at radius 3 is 3.04 bits per heavy atom. The first-order valence-corrected chi connectivity index (χ1v) is 8.17. The van der Waals surface area contributed by atoms with Gasteiger partial charge in [0.25, 0.3) is 5.91 Å². The van der Waals surface area contributed by atoms with Gasteiger partial charge in [-0.25, -0.2) is 0 Å². The second-order valence-electron chi connectivity index (χ2n) is 6.08. The van der Waals surface area contributed by atoms with Gasteiger partial charge in [-0.3, -0.25) is 4.79 Å². The molecule has 24 heavy (non-hydrogen) atoms. The minimum absolute atomic E-state index is 0.105. The summed E-state index contributed by atoms with van der Waals surface area (Å²) < 4.78 is 16.4. The van der Waals surface area contributed by atoms with Crippen molar-refractivity contribution in [1.29, 1.82) is 0 Å². The molecule has 1 saturated heterocycles. The molecule has 6 nitrogen and oxygen atoms in total. The quantitative estimate of drug-likeness (QED) is 0.881. The Labute approximate surface area is 141 Å². The predicted octanol–water partition coefficient (Wildman–Crippen LogP) is 2.78. The molecule has 1 aromatic heterocycles. The largest absolute Gasteiger partial charge is 0.485 e. The number of nitrogens with zero attached hydrogens (tertiary/aromatic N) is 1. The second-order valence-corrected chi connectivity index (χ2v) is 6.08. The van der Waals surface area contributed by atoms with Gasteiger partial charge in [0.15, 0.2) is 11.5 Å². The van der Waals surface area contributed by atoms with E-state index in [0.29, 0.717) is 12.3 Å². The van der Waals surface area contributed by atoms with Crippen molar-refractivity contribution < 1.29 is 18.8 Å². The number of rotatable bonds is 6. The van der Waals surface area contributed by atoms with Gasteiger partial charge < -0.3 is 19.3 Å². The molecule has 3 rings (SSSR count). The molecule has 0 bridgehead atoms. The highest BCUT2D eigenvalue weighted by Crippen LogP contribution is 2.20. The van der Waals surface area contributed by atoms with Gasteiger partial charge in [-0.15, -0.1) is 0 Å². The molecular formula is C18H22N2O4. The molecule has 0 spiro atoms. The molecule has 128 valence electrons. The first kappa shape index (κ1) is 16.5. The number of nitrogens with one attached hydrogen (secondary N) is 1. The first-order valence-electron chi connectivity index (χ1n) is 8.17. The van der Waals surface area contributed by atoms with E-state index in [4.69, 9.17) is 14.0 Å². The third-order valence-corrected chi connectivity index (χ3v) is 4.02. The average molecular weight is 330 g/mol. The van der Waals surface area contributed by atoms with E-state index in [1.807, 2.05) is 32.0 Å². The number of ether oxygens (including phenoxy) is 2. The van der Waals surface area contributed by atoms with E-state index in [1.165, 1.54) is 0 Å². The van der Waals surface area contributed by atoms with E-state index in [9.17, 15) is 4.79 Å². The third-order valence-electron chi connectivity index (χ3n) is 4.02. The Balaban J connectivity index is 1.53. The lowest BCUT2D eigenvalue weighted by Gasteiger charge is -2.09. The molecule has 2 heterocycles. The van der Waals surface area contributed by atoms with E-state index in [1.54, 1.807) is 6.07 Å². The molecule has 0 aliphatic carbocycles. The zero-order valence-corrected chi connectivity index (χ0v) is 14.0. The topological polar surface area (TPSA) is 73.6 Å². The zero-order valence-electron chi connectivity index (χ0n) is 14.0. The Bertz CT molecular complexity index is 705. The van der Waals surface area contributed by atoms with Gasteiger partial charge in [0.1, 0.15) is 12.4 Å². The molecule has 2 aromatic rings. The lowest BCUT2D eigenvalue weighted by atomic mass is 10.1. The summed E-state index contributed by atoms with van der Waals surface area (Å²) in [6.45, 7) is 5.50. The summed E-state index contributed by atoms with van der Waals surface area (Å²) in [5.41, 5.74) is 2.43. The van der Waals surface area contributed by atoms with Gasteiger partial charge in [-0.1, -0.05) is 17.3 Å². The molecule has 1 amide bonds. The highest BCUT2D eigenvalue weighted by Gasteiger charge is 2.18. The standard InChI is InChI=1S/C18H22N2O4/c1-12-5-6-13(2)17(8-12)23-11-15-9-16(20-24-15)18(21)19-10-14-4-3-7-22-14/h5-6,8-9,14H,3-4,7,10-11H2,1-2H3,(H,19,21)/t14-/m0/s1. The number of aromatic nitrogens is 1. The van der Waals surface area contributed by atoms with Crippen LogP contribution in [0.5, 0.6) is 5.75 Å². The van der Waals surface area contributed by atoms with Crippen LogP contribution in [0.25, 0.3) is 0 Å². The van der Waals surface area contributed by atoms with Crippen LogP contribution in [0, 0.1) is 13.8 Å². The summed E-state index contributed by atoms with van der Waals surface area (Å²) in [6.07, 6.45) is 2.13. The molecule has 0 saturated carbocycles. The Hall–Kier alpha value is -2.34. The van der Waals surface area contributed by atoms with Crippen molar-refractivity contribution in [3.63, 3.8) is 0 Å². The van der Waals surface area contributed by atoms with Gasteiger partial charge in [0.05, 0.1) is 6.10 Å². The minimum Gasteiger partial charge on any atom is -0.485 e. The van der Waals surface area contributed by atoms with Crippen LogP contribution in [0.4, 0.5) is 0 Å². The molecule has 1 aliphatic rings. The van der Waals surface area contributed by atoms with Crippen LogP contribution in [0.1, 0.15) is 40.2 Å². The van der Waals surface area contributed by atoms with E-state index >= 15 is 0 Å². The van der Waals surface area contributed by atoms with Crippen molar-refractivity contribution in [2.45, 2.75) is 39.4 Å². The summed E-state index contributed by atoms with van der Waals surface area (Å²) in [7, 11) is 0. The summed E-state index contributed by atoms with van der Waals surface area (Å²) in [5.74, 6) is 1.06. The van der Waals surface area contributed by atoms with Crippen LogP contribution >= 0.6 is 0 Å². The Morgan fingerprint density at radius 2 is 2.25 bits per heavy atom. The van der Waals surface area contributed by atoms with Crippen molar-refractivity contribution in [3.8, 4) is 5.75 Å². The van der Waals surface area contributed by atoms with Crippen molar-refractivity contribution in [2.24, 2.45) is 0 Å². The Morgan fingerprint density at radius 1 is 1.38 bits per heavy atom. The molecule has 6 heteroatoms. The lowest BCUT2D eigenvalue weighted by Crippen LogP contribution is -2.31. The van der Waals surface area contributed by atoms with Crippen LogP contribution in [0.3, 0.4) is 0 Å². The molecule has 1 aliphatic heterocycles. The van der Waals surface area contributed by atoms with Crippen molar-refractivity contribution >= 4 is 5.91 Å². The zero-order chi connectivity index (χ0) is 16.9. The molecular weight excluding hydrogens is 308 g/mol. The summed E-state index contributed by atoms with van der Waals surface area (Å²) >= 11 is 0. The third kappa shape index (κ3) is 4.14. The number of carbonyl (C=O) groups is 1. The molecule has 0 radical (unpaired) electrons. The molecule has 1 aromatic carbocycles. The highest BCUT2D eigenvalue weighted by molar-refractivity contribution is 5.92. The van der Waals surface area contributed by atoms with Crippen LogP contribution in [-0.2, 0) is 11.3 Å². The SMILES string of the molecule is Cc1ccc(C)c(OCc2cc(C(=O)NC[C@@H]3CCCO3)no2)c1. The van der Waals surface area contributed by atoms with Gasteiger partial charge in [-0.05, 0) is 43.9 Å². The van der Waals surface area contributed by atoms with Gasteiger partial charge >= 0.3 is 0 Å².